The van der Waals surface area contributed by atoms with Gasteiger partial charge in [0.15, 0.2) is 11.6 Å². The van der Waals surface area contributed by atoms with Gasteiger partial charge in [0.05, 0.1) is 5.57 Å². The number of hydrogen-bond donors (Lipinski definition) is 1. The van der Waals surface area contributed by atoms with Gasteiger partial charge in [0.25, 0.3) is 0 Å². The lowest BCUT2D eigenvalue weighted by atomic mass is 9.35. The molecule has 0 aromatic rings. The summed E-state index contributed by atoms with van der Waals surface area (Å²) in [5, 5.41) is 12.8. The van der Waals surface area contributed by atoms with Crippen molar-refractivity contribution in [3.05, 3.63) is 23.3 Å². The van der Waals surface area contributed by atoms with Gasteiger partial charge in [-0.3, -0.25) is 14.4 Å². The van der Waals surface area contributed by atoms with E-state index in [4.69, 9.17) is 0 Å². The Balaban J connectivity index is 1.62. The second kappa shape index (κ2) is 9.95. The molecule has 5 rings (SSSR count). The van der Waals surface area contributed by atoms with E-state index in [9.17, 15) is 19.6 Å². The highest BCUT2D eigenvalue weighted by atomic mass is 16.1. The number of carbonyl (C=O) groups excluding carboxylic acids is 3. The van der Waals surface area contributed by atoms with Crippen molar-refractivity contribution in [1.82, 2.24) is 5.32 Å². The molecule has 5 aliphatic rings. The summed E-state index contributed by atoms with van der Waals surface area (Å²) < 4.78 is 0. The Hall–Kier alpha value is -2.22. The Morgan fingerprint density at radius 1 is 1.05 bits per heavy atom. The number of nitrogens with zero attached hydrogens (tertiary/aromatic N) is 1. The SMILES string of the molecule is CCCC[C@]1(CCC(=O)NC)CC[C@]2(C)[C@H](C(=O)C=C3[C@@]4(C)C=C(C#N)C(=O)C5(CC5)[C@@H]4CC[C@]32C)[C@@H]1CCC. The molecule has 1 N–H and O–H groups in total. The molecule has 7 atom stereocenters. The van der Waals surface area contributed by atoms with Crippen LogP contribution in [0.5, 0.6) is 0 Å². The zero-order valence-corrected chi connectivity index (χ0v) is 25.8. The molecule has 218 valence electrons. The fourth-order valence-electron chi connectivity index (χ4n) is 10.7. The lowest BCUT2D eigenvalue weighted by Crippen LogP contribution is -2.63. The van der Waals surface area contributed by atoms with Crippen LogP contribution >= 0.6 is 0 Å². The van der Waals surface area contributed by atoms with Crippen LogP contribution in [0.2, 0.25) is 0 Å². The minimum atomic E-state index is -0.442. The van der Waals surface area contributed by atoms with E-state index in [1.165, 1.54) is 5.57 Å². The lowest BCUT2D eigenvalue weighted by Gasteiger charge is -2.68. The van der Waals surface area contributed by atoms with Gasteiger partial charge < -0.3 is 5.32 Å². The molecule has 1 spiro atoms. The molecule has 0 bridgehead atoms. The first-order valence-corrected chi connectivity index (χ1v) is 16.1. The van der Waals surface area contributed by atoms with Crippen molar-refractivity contribution in [3.8, 4) is 6.07 Å². The number of unbranched alkanes of at least 4 members (excludes halogenated alkanes) is 1. The van der Waals surface area contributed by atoms with Crippen molar-refractivity contribution in [2.75, 3.05) is 7.05 Å². The van der Waals surface area contributed by atoms with Crippen LogP contribution in [0.3, 0.4) is 0 Å². The third-order valence-corrected chi connectivity index (χ3v) is 13.2. The summed E-state index contributed by atoms with van der Waals surface area (Å²) in [6, 6.07) is 2.24. The number of nitriles is 1. The molecule has 0 unspecified atom stereocenters. The first-order valence-electron chi connectivity index (χ1n) is 16.1. The van der Waals surface area contributed by atoms with Crippen LogP contribution in [0.4, 0.5) is 0 Å². The number of Topliss-reactive ketones (excluding diaryl/α,β-unsaturated/α-hetero) is 1. The molecule has 0 aromatic carbocycles. The Morgan fingerprint density at radius 2 is 1.77 bits per heavy atom. The minimum absolute atomic E-state index is 0.00435. The standard InChI is InChI=1S/C35H50N2O3/c1-7-9-13-34(15-12-28(39)37-6)17-16-33(5)29(24(34)10-8-2)25(38)20-27-31(3)21-23(22-36)30(40)35(18-19-35)26(31)11-14-32(27,33)4/h20-21,24,26,29H,7-19H2,1-6H3,(H,37,39)/t24-,26+,29-,31-,32+,33+,34-/m0/s1. The second-order valence-electron chi connectivity index (χ2n) is 14.8. The van der Waals surface area contributed by atoms with E-state index in [-0.39, 0.29) is 51.5 Å². The normalized spacial score (nSPS) is 41.2. The predicted octanol–water partition coefficient (Wildman–Crippen LogP) is 7.27. The van der Waals surface area contributed by atoms with Gasteiger partial charge in [0, 0.05) is 30.2 Å². The highest BCUT2D eigenvalue weighted by Gasteiger charge is 2.71. The summed E-state index contributed by atoms with van der Waals surface area (Å²) in [5.41, 5.74) is 0.295. The van der Waals surface area contributed by atoms with E-state index in [1.54, 1.807) is 7.05 Å². The number of hydrogen-bond acceptors (Lipinski definition) is 4. The summed E-state index contributed by atoms with van der Waals surface area (Å²) in [6.45, 7) is 11.5. The predicted molar refractivity (Wildman–Crippen MR) is 157 cm³/mol. The summed E-state index contributed by atoms with van der Waals surface area (Å²) >= 11 is 0. The van der Waals surface area contributed by atoms with Crippen molar-refractivity contribution in [3.63, 3.8) is 0 Å². The van der Waals surface area contributed by atoms with E-state index >= 15 is 0 Å². The maximum atomic E-state index is 14.6. The van der Waals surface area contributed by atoms with Gasteiger partial charge in [-0.05, 0) is 91.9 Å². The van der Waals surface area contributed by atoms with E-state index in [0.717, 1.165) is 77.0 Å². The number of amides is 1. The van der Waals surface area contributed by atoms with Crippen molar-refractivity contribution >= 4 is 17.5 Å². The molecule has 40 heavy (non-hydrogen) atoms. The van der Waals surface area contributed by atoms with Crippen LogP contribution in [0.25, 0.3) is 0 Å². The number of nitrogens with one attached hydrogen (secondary N) is 1. The molecule has 1 amide bonds. The maximum Gasteiger partial charge on any atom is 0.219 e. The van der Waals surface area contributed by atoms with Gasteiger partial charge in [-0.1, -0.05) is 65.5 Å². The molecule has 3 fully saturated rings. The van der Waals surface area contributed by atoms with Crippen molar-refractivity contribution in [2.45, 2.75) is 118 Å². The fraction of sp³-hybridized carbons (Fsp3) is 0.771. The van der Waals surface area contributed by atoms with Crippen LogP contribution < -0.4 is 5.32 Å². The van der Waals surface area contributed by atoms with Gasteiger partial charge in [-0.25, -0.2) is 0 Å². The average molecular weight is 547 g/mol. The summed E-state index contributed by atoms with van der Waals surface area (Å²) in [7, 11) is 1.72. The Bertz CT molecular complexity index is 1200. The lowest BCUT2D eigenvalue weighted by molar-refractivity contribution is -0.161. The summed E-state index contributed by atoms with van der Waals surface area (Å²) in [4.78, 5) is 40.3. The maximum absolute atomic E-state index is 14.6. The van der Waals surface area contributed by atoms with Crippen LogP contribution in [-0.2, 0) is 14.4 Å². The topological polar surface area (TPSA) is 87.0 Å². The van der Waals surface area contributed by atoms with Gasteiger partial charge in [0.1, 0.15) is 6.07 Å². The molecule has 3 saturated carbocycles. The number of rotatable bonds is 8. The minimum Gasteiger partial charge on any atom is -0.359 e. The van der Waals surface area contributed by atoms with E-state index in [1.807, 2.05) is 12.2 Å². The summed E-state index contributed by atoms with van der Waals surface area (Å²) in [5.74, 6) is 0.762. The van der Waals surface area contributed by atoms with Crippen LogP contribution in [0.15, 0.2) is 23.3 Å². The Labute approximate surface area is 241 Å². The quantitative estimate of drug-likeness (QED) is 0.347. The van der Waals surface area contributed by atoms with Gasteiger partial charge in [0.2, 0.25) is 5.91 Å². The second-order valence-corrected chi connectivity index (χ2v) is 14.8. The zero-order chi connectivity index (χ0) is 29.1. The molecule has 0 aliphatic heterocycles. The zero-order valence-electron chi connectivity index (χ0n) is 25.8. The molecule has 0 radical (unpaired) electrons. The summed E-state index contributed by atoms with van der Waals surface area (Å²) in [6.07, 6.45) is 16.4. The fourth-order valence-corrected chi connectivity index (χ4v) is 10.7. The van der Waals surface area contributed by atoms with Crippen molar-refractivity contribution < 1.29 is 14.4 Å². The van der Waals surface area contributed by atoms with Crippen LogP contribution in [-0.4, -0.2) is 24.5 Å². The van der Waals surface area contributed by atoms with Gasteiger partial charge in [-0.2, -0.15) is 5.26 Å². The first-order chi connectivity index (χ1) is 18.9. The number of allylic oxidation sites excluding steroid dienone is 4. The van der Waals surface area contributed by atoms with E-state index in [0.29, 0.717) is 12.0 Å². The number of fused-ring (bicyclic) bond motifs is 6. The molecule has 0 saturated heterocycles. The average Bonchev–Trinajstić information content (AvgIpc) is 3.73. The molecule has 5 nitrogen and oxygen atoms in total. The molecule has 5 heteroatoms. The van der Waals surface area contributed by atoms with Crippen LogP contribution in [0.1, 0.15) is 118 Å². The highest BCUT2D eigenvalue weighted by Crippen LogP contribution is 2.76. The Kier molecular flexibility index (Phi) is 7.29. The van der Waals surface area contributed by atoms with Crippen LogP contribution in [0, 0.1) is 56.2 Å². The third-order valence-electron chi connectivity index (χ3n) is 13.2. The molecule has 5 aliphatic carbocycles. The van der Waals surface area contributed by atoms with E-state index < -0.39 is 10.8 Å². The largest absolute Gasteiger partial charge is 0.359 e. The van der Waals surface area contributed by atoms with Gasteiger partial charge >= 0.3 is 0 Å². The van der Waals surface area contributed by atoms with Crippen molar-refractivity contribution in [2.24, 2.45) is 44.8 Å². The highest BCUT2D eigenvalue weighted by molar-refractivity contribution is 6.06. The Morgan fingerprint density at radius 3 is 2.38 bits per heavy atom. The smallest absolute Gasteiger partial charge is 0.219 e. The number of ketones is 2. The van der Waals surface area contributed by atoms with Gasteiger partial charge in [-0.15, -0.1) is 0 Å². The molecule has 0 aromatic heterocycles. The number of carbonyl (C=O) groups is 3. The molecular weight excluding hydrogens is 496 g/mol. The van der Waals surface area contributed by atoms with Crippen molar-refractivity contribution in [1.29, 1.82) is 5.26 Å². The monoisotopic (exact) mass is 546 g/mol. The first kappa shape index (κ1) is 29.3. The van der Waals surface area contributed by atoms with E-state index in [2.05, 4.69) is 46.0 Å². The molecular formula is C35H50N2O3. The molecule has 0 heterocycles. The third kappa shape index (κ3) is 3.87.